The van der Waals surface area contributed by atoms with E-state index in [0.717, 1.165) is 69.4 Å². The van der Waals surface area contributed by atoms with E-state index in [1.165, 1.54) is 12.5 Å². The van der Waals surface area contributed by atoms with Crippen LogP contribution in [0.5, 0.6) is 0 Å². The van der Waals surface area contributed by atoms with Gasteiger partial charge in [-0.25, -0.2) is 9.18 Å². The Kier molecular flexibility index (Phi) is 8.80. The van der Waals surface area contributed by atoms with Gasteiger partial charge in [-0.2, -0.15) is 13.2 Å². The molecule has 42 heavy (non-hydrogen) atoms. The second-order valence-corrected chi connectivity index (χ2v) is 12.0. The summed E-state index contributed by atoms with van der Waals surface area (Å²) in [6, 6.07) is 9.84. The van der Waals surface area contributed by atoms with Gasteiger partial charge in [0.05, 0.1) is 11.7 Å². The molecular weight excluding hydrogens is 552 g/mol. The van der Waals surface area contributed by atoms with E-state index >= 15 is 0 Å². The largest absolute Gasteiger partial charge is 0.419 e. The quantitative estimate of drug-likeness (QED) is 0.247. The molecule has 0 spiro atoms. The van der Waals surface area contributed by atoms with Crippen LogP contribution in [0.25, 0.3) is 0 Å². The zero-order valence-corrected chi connectivity index (χ0v) is 23.7. The lowest BCUT2D eigenvalue weighted by atomic mass is 9.80. The summed E-state index contributed by atoms with van der Waals surface area (Å²) in [4.78, 5) is 29.0. The van der Waals surface area contributed by atoms with Crippen LogP contribution in [-0.2, 0) is 16.4 Å². The molecule has 0 aromatic heterocycles. The second kappa shape index (κ2) is 12.2. The highest BCUT2D eigenvalue weighted by Gasteiger charge is 2.58. The van der Waals surface area contributed by atoms with Crippen LogP contribution in [0.4, 0.5) is 33.7 Å². The van der Waals surface area contributed by atoms with Gasteiger partial charge in [-0.15, -0.1) is 0 Å². The van der Waals surface area contributed by atoms with Crippen molar-refractivity contribution in [2.24, 2.45) is 5.92 Å². The molecule has 4 atom stereocenters. The van der Waals surface area contributed by atoms with Crippen molar-refractivity contribution >= 4 is 23.3 Å². The van der Waals surface area contributed by atoms with Gasteiger partial charge in [-0.1, -0.05) is 12.1 Å². The van der Waals surface area contributed by atoms with Crippen molar-refractivity contribution in [3.8, 4) is 0 Å². The lowest BCUT2D eigenvalue weighted by Gasteiger charge is -2.37. The molecule has 1 heterocycles. The minimum Gasteiger partial charge on any atom is -0.392 e. The summed E-state index contributed by atoms with van der Waals surface area (Å²) < 4.78 is 53.7. The Morgan fingerprint density at radius 1 is 1.10 bits per heavy atom. The van der Waals surface area contributed by atoms with Crippen LogP contribution in [0.3, 0.4) is 0 Å². The molecule has 7 nitrogen and oxygen atoms in total. The number of benzene rings is 2. The lowest BCUT2D eigenvalue weighted by Crippen LogP contribution is -2.46. The highest BCUT2D eigenvalue weighted by atomic mass is 19.4. The Morgan fingerprint density at radius 2 is 1.88 bits per heavy atom. The summed E-state index contributed by atoms with van der Waals surface area (Å²) in [7, 11) is 0. The number of fused-ring (bicyclic) bond motifs is 1. The third-order valence-corrected chi connectivity index (χ3v) is 9.07. The van der Waals surface area contributed by atoms with Crippen LogP contribution in [0.15, 0.2) is 42.5 Å². The van der Waals surface area contributed by atoms with Gasteiger partial charge < -0.3 is 25.5 Å². The third-order valence-electron chi connectivity index (χ3n) is 9.07. The third kappa shape index (κ3) is 6.89. The standard InChI is InChI=1S/C31H38F4N4O3/c1-20(40)36-23-6-4-5-21(15-23)30-11-9-25(16-22(30)18-30)39(13-3-2-12-38-14-10-26(41)19-38)29(42)37-24-7-8-28(32)27(17-24)31(33,34)35/h4-8,15,17,22,25-26,41H,2-3,9-14,16,18-19H2,1H3,(H,36,40)(H,37,42)/t22?,25-,26-,30-/m1/s1. The lowest BCUT2D eigenvalue weighted by molar-refractivity contribution is -0.140. The first-order valence-electron chi connectivity index (χ1n) is 14.7. The Balaban J connectivity index is 1.27. The van der Waals surface area contributed by atoms with E-state index in [4.69, 9.17) is 0 Å². The Labute approximate surface area is 243 Å². The molecule has 2 aromatic rings. The average Bonchev–Trinajstić information content (AvgIpc) is 3.53. The SMILES string of the molecule is CC(=O)Nc1cccc([C@]23CC[C@@H](N(CCCCN4CC[C@@H](O)C4)C(=O)Nc4ccc(F)c(C(F)(F)F)c4)CC2C3)c1. The number of aliphatic hydroxyl groups excluding tert-OH is 1. The van der Waals surface area contributed by atoms with Crippen LogP contribution in [-0.4, -0.2) is 65.2 Å². The van der Waals surface area contributed by atoms with Crippen molar-refractivity contribution in [1.29, 1.82) is 0 Å². The topological polar surface area (TPSA) is 84.9 Å². The molecule has 228 valence electrons. The predicted molar refractivity (Wildman–Crippen MR) is 152 cm³/mol. The number of alkyl halides is 3. The summed E-state index contributed by atoms with van der Waals surface area (Å²) in [5.74, 6) is -1.16. The van der Waals surface area contributed by atoms with Gasteiger partial charge >= 0.3 is 12.2 Å². The van der Waals surface area contributed by atoms with Gasteiger partial charge in [-0.3, -0.25) is 4.79 Å². The normalized spacial score (nSPS) is 25.5. The average molecular weight is 591 g/mol. The number of halogens is 4. The van der Waals surface area contributed by atoms with Gasteiger partial charge in [0, 0.05) is 44.0 Å². The van der Waals surface area contributed by atoms with E-state index in [1.807, 2.05) is 18.2 Å². The Hall–Kier alpha value is -3.18. The molecule has 2 saturated carbocycles. The number of aliphatic hydroxyl groups is 1. The van der Waals surface area contributed by atoms with Crippen molar-refractivity contribution in [2.45, 2.75) is 75.6 Å². The summed E-state index contributed by atoms with van der Waals surface area (Å²) in [6.45, 7) is 4.21. The maximum absolute atomic E-state index is 13.8. The zero-order valence-electron chi connectivity index (χ0n) is 23.7. The first kappa shape index (κ1) is 30.3. The van der Waals surface area contributed by atoms with E-state index in [9.17, 15) is 32.3 Å². The van der Waals surface area contributed by atoms with Gasteiger partial charge in [0.2, 0.25) is 5.91 Å². The number of amides is 3. The van der Waals surface area contributed by atoms with Crippen molar-refractivity contribution in [3.63, 3.8) is 0 Å². The molecule has 1 unspecified atom stereocenters. The number of nitrogens with one attached hydrogen (secondary N) is 2. The van der Waals surface area contributed by atoms with Crippen molar-refractivity contribution in [3.05, 3.63) is 59.4 Å². The molecular formula is C31H38F4N4O3. The number of hydrogen-bond donors (Lipinski definition) is 3. The Morgan fingerprint density at radius 3 is 2.57 bits per heavy atom. The molecule has 3 aliphatic rings. The first-order valence-corrected chi connectivity index (χ1v) is 14.7. The first-order chi connectivity index (χ1) is 19.9. The van der Waals surface area contributed by atoms with E-state index in [2.05, 4.69) is 21.6 Å². The fraction of sp³-hybridized carbons (Fsp3) is 0.548. The fourth-order valence-corrected chi connectivity index (χ4v) is 6.86. The molecule has 11 heteroatoms. The van der Waals surface area contributed by atoms with Crippen LogP contribution >= 0.6 is 0 Å². The number of likely N-dealkylation sites (tertiary alicyclic amines) is 1. The number of rotatable bonds is 9. The number of hydrogen-bond acceptors (Lipinski definition) is 4. The van der Waals surface area contributed by atoms with Crippen molar-refractivity contribution in [2.75, 3.05) is 36.8 Å². The van der Waals surface area contributed by atoms with E-state index in [1.54, 1.807) is 4.90 Å². The highest BCUT2D eigenvalue weighted by Crippen LogP contribution is 2.63. The van der Waals surface area contributed by atoms with E-state index in [-0.39, 0.29) is 29.2 Å². The maximum atomic E-state index is 13.8. The smallest absolute Gasteiger partial charge is 0.392 e. The number of anilines is 2. The van der Waals surface area contributed by atoms with Crippen LogP contribution in [0.2, 0.25) is 0 Å². The van der Waals surface area contributed by atoms with Crippen LogP contribution in [0.1, 0.15) is 63.0 Å². The van der Waals surface area contributed by atoms with Gasteiger partial charge in [-0.05, 0) is 98.7 Å². The molecule has 3 fully saturated rings. The molecule has 0 radical (unpaired) electrons. The number of unbranched alkanes of at least 4 members (excludes halogenated alkanes) is 1. The van der Waals surface area contributed by atoms with Crippen molar-refractivity contribution in [1.82, 2.24) is 9.80 Å². The number of carbonyl (C=O) groups excluding carboxylic acids is 2. The van der Waals surface area contributed by atoms with Crippen LogP contribution < -0.4 is 10.6 Å². The number of nitrogens with zero attached hydrogens (tertiary/aromatic N) is 2. The molecule has 2 aromatic carbocycles. The van der Waals surface area contributed by atoms with Crippen molar-refractivity contribution < 1.29 is 32.3 Å². The summed E-state index contributed by atoms with van der Waals surface area (Å²) in [5.41, 5.74) is 0.415. The number of urea groups is 1. The fourth-order valence-electron chi connectivity index (χ4n) is 6.86. The minimum atomic E-state index is -4.87. The summed E-state index contributed by atoms with van der Waals surface area (Å²) >= 11 is 0. The highest BCUT2D eigenvalue weighted by molar-refractivity contribution is 5.90. The molecule has 0 bridgehead atoms. The van der Waals surface area contributed by atoms with Crippen LogP contribution in [0, 0.1) is 11.7 Å². The van der Waals surface area contributed by atoms with E-state index in [0.29, 0.717) is 31.5 Å². The molecule has 1 aliphatic heterocycles. The monoisotopic (exact) mass is 590 g/mol. The van der Waals surface area contributed by atoms with Gasteiger partial charge in [0.25, 0.3) is 0 Å². The van der Waals surface area contributed by atoms with Gasteiger partial charge in [0.15, 0.2) is 0 Å². The molecule has 3 N–H and O–H groups in total. The zero-order chi connectivity index (χ0) is 30.1. The number of carbonyl (C=O) groups is 2. The second-order valence-electron chi connectivity index (χ2n) is 12.0. The predicted octanol–water partition coefficient (Wildman–Crippen LogP) is 5.99. The maximum Gasteiger partial charge on any atom is 0.419 e. The Bertz CT molecular complexity index is 1310. The summed E-state index contributed by atoms with van der Waals surface area (Å²) in [5, 5.41) is 15.2. The molecule has 3 amide bonds. The molecule has 2 aliphatic carbocycles. The van der Waals surface area contributed by atoms with E-state index < -0.39 is 23.6 Å². The number of β-amino-alcohol motifs (C(OH)–C–C–N with tert-alkyl or cyclic N) is 1. The molecule has 1 saturated heterocycles. The summed E-state index contributed by atoms with van der Waals surface area (Å²) in [6.07, 6.45) is 0.461. The minimum absolute atomic E-state index is 0.00226. The van der Waals surface area contributed by atoms with Gasteiger partial charge in [0.1, 0.15) is 5.82 Å². The molecule has 5 rings (SSSR count).